The van der Waals surface area contributed by atoms with Gasteiger partial charge in [0.25, 0.3) is 30.4 Å². The number of rotatable bonds is 24. The van der Waals surface area contributed by atoms with Crippen molar-refractivity contribution < 1.29 is 62.1 Å². The van der Waals surface area contributed by atoms with Crippen molar-refractivity contribution in [1.82, 2.24) is 0 Å². The fourth-order valence-corrected chi connectivity index (χ4v) is 9.55. The van der Waals surface area contributed by atoms with Crippen LogP contribution >= 0.6 is 0 Å². The maximum Gasteiger partial charge on any atom is 0.303 e. The van der Waals surface area contributed by atoms with E-state index in [-0.39, 0.29) is 40.9 Å². The summed E-state index contributed by atoms with van der Waals surface area (Å²) in [6, 6.07) is 4.50. The van der Waals surface area contributed by atoms with Crippen molar-refractivity contribution in [2.45, 2.75) is 88.5 Å². The van der Waals surface area contributed by atoms with Gasteiger partial charge in [-0.15, -0.1) is 0 Å². The summed E-state index contributed by atoms with van der Waals surface area (Å²) in [7, 11) is -6.85. The van der Waals surface area contributed by atoms with Crippen LogP contribution in [0, 0.1) is 5.41 Å². The van der Waals surface area contributed by atoms with Gasteiger partial charge >= 0.3 is 5.97 Å². The maximum atomic E-state index is 12.8. The largest absolute Gasteiger partial charge is 0.481 e. The molecule has 61 heavy (non-hydrogen) atoms. The van der Waals surface area contributed by atoms with Crippen LogP contribution < -0.4 is 4.90 Å². The number of carboxylic acid groups (broad SMARTS) is 1. The van der Waals surface area contributed by atoms with E-state index in [0.717, 1.165) is 31.3 Å². The minimum absolute atomic E-state index is 0.0177. The number of ether oxygens (including phenoxy) is 2. The highest BCUT2D eigenvalue weighted by Crippen LogP contribution is 2.51. The van der Waals surface area contributed by atoms with E-state index in [9.17, 15) is 34.6 Å². The number of carboxylic acids is 1. The number of nitrogens with zero attached hydrogens (tertiary/aromatic N) is 2. The molecule has 1 aromatic rings. The predicted molar refractivity (Wildman–Crippen MR) is 236 cm³/mol. The molecule has 2 N–H and O–H groups in total. The van der Waals surface area contributed by atoms with E-state index in [1.54, 1.807) is 32.4 Å². The van der Waals surface area contributed by atoms with Gasteiger partial charge in [0.2, 0.25) is 0 Å². The van der Waals surface area contributed by atoms with E-state index in [1.807, 2.05) is 68.2 Å². The molecule has 0 radical (unpaired) electrons. The van der Waals surface area contributed by atoms with E-state index < -0.39 is 47.2 Å². The van der Waals surface area contributed by atoms with Crippen LogP contribution in [0.4, 0.5) is 5.69 Å². The van der Waals surface area contributed by atoms with Gasteiger partial charge in [0.15, 0.2) is 11.8 Å². The zero-order valence-corrected chi connectivity index (χ0v) is 38.7. The van der Waals surface area contributed by atoms with Gasteiger partial charge < -0.3 is 19.5 Å². The fourth-order valence-electron chi connectivity index (χ4n) is 7.65. The van der Waals surface area contributed by atoms with Crippen molar-refractivity contribution in [3.05, 3.63) is 95.1 Å². The molecule has 0 saturated carbocycles. The van der Waals surface area contributed by atoms with Gasteiger partial charge in [-0.05, 0) is 94.4 Å². The molecular weight excluding hydrogens is 849 g/mol. The summed E-state index contributed by atoms with van der Waals surface area (Å²) in [5.74, 6) is -1.07. The van der Waals surface area contributed by atoms with Crippen molar-refractivity contribution in [3.8, 4) is 0 Å². The van der Waals surface area contributed by atoms with Gasteiger partial charge in [-0.3, -0.25) is 17.7 Å². The summed E-state index contributed by atoms with van der Waals surface area (Å²) >= 11 is 0. The highest BCUT2D eigenvalue weighted by atomic mass is 32.2. The second-order valence-corrected chi connectivity index (χ2v) is 20.5. The molecule has 340 valence electrons. The van der Waals surface area contributed by atoms with Crippen LogP contribution in [0.15, 0.2) is 94.5 Å². The Labute approximate surface area is 362 Å². The summed E-state index contributed by atoms with van der Waals surface area (Å²) in [6.07, 6.45) is 21.3. The van der Waals surface area contributed by atoms with Gasteiger partial charge in [0, 0.05) is 70.0 Å². The van der Waals surface area contributed by atoms with Crippen molar-refractivity contribution in [3.63, 3.8) is 0 Å². The molecule has 2 heterocycles. The molecule has 0 amide bonds. The van der Waals surface area contributed by atoms with E-state index in [2.05, 4.69) is 8.76 Å². The number of carbonyl (C=O) groups is 1. The molecule has 15 nitrogen and oxygen atoms in total. The standard InChI is InChI=1S/C43H62N2O13S3/c1-34-20-21-35(60(50,51)52)24-26-42(2,27-30-55-4)39(44(34)28-15-11-14-19-41(46)47)17-12-9-8-10-13-18-40-43(3,25-16-32-59(48,49)57-6)37-33-36(61(53,54)58-7)22-23-38(37)45(40)29-31-56-5/h8-10,12-13,17-18,20-24,33-34H,11,14-16,19,25-32H2,1-7H3,(H-,46,47,50,51,52)/p+1. The van der Waals surface area contributed by atoms with Crippen molar-refractivity contribution in [2.24, 2.45) is 5.41 Å². The third kappa shape index (κ3) is 14.4. The number of fused-ring (bicyclic) bond motifs is 1. The zero-order chi connectivity index (χ0) is 45.5. The second-order valence-electron chi connectivity index (χ2n) is 15.5. The molecule has 0 fully saturated rings. The number of aliphatic carboxylic acids is 1. The smallest absolute Gasteiger partial charge is 0.303 e. The van der Waals surface area contributed by atoms with Crippen LogP contribution in [-0.4, -0.2) is 118 Å². The maximum absolute atomic E-state index is 12.8. The first-order chi connectivity index (χ1) is 28.7. The third-order valence-electron chi connectivity index (χ3n) is 11.2. The zero-order valence-electron chi connectivity index (χ0n) is 36.3. The highest BCUT2D eigenvalue weighted by Gasteiger charge is 2.44. The van der Waals surface area contributed by atoms with Crippen LogP contribution in [-0.2, 0) is 58.4 Å². The Bertz CT molecular complexity index is 2240. The molecule has 3 rings (SSSR count). The van der Waals surface area contributed by atoms with Crippen molar-refractivity contribution in [2.75, 3.05) is 65.4 Å². The summed E-state index contributed by atoms with van der Waals surface area (Å²) in [5, 5.41) is 9.14. The monoisotopic (exact) mass is 911 g/mol. The quantitative estimate of drug-likeness (QED) is 0.0384. The van der Waals surface area contributed by atoms with Crippen LogP contribution in [0.3, 0.4) is 0 Å². The summed E-state index contributed by atoms with van der Waals surface area (Å²) < 4.78 is 107. The van der Waals surface area contributed by atoms with E-state index in [0.29, 0.717) is 64.0 Å². The van der Waals surface area contributed by atoms with Crippen molar-refractivity contribution >= 4 is 47.7 Å². The molecule has 0 aromatic heterocycles. The minimum atomic E-state index is -4.48. The first-order valence-electron chi connectivity index (χ1n) is 20.1. The molecule has 2 aliphatic heterocycles. The fraction of sp³-hybridized carbons (Fsp3) is 0.535. The molecule has 1 aromatic carbocycles. The SMILES string of the molecule is COCCN1/C(=C/C=C/C=C/C=C/C2=[N+](CCCCCC(=O)O)C(C)C=CC(S(=O)(=O)O)=CCC2(C)CCOC)C(C)(CCCS(=O)(=O)OC)c2cc(S(=O)(=O)OC)ccc21. The highest BCUT2D eigenvalue weighted by molar-refractivity contribution is 7.90. The Balaban J connectivity index is 2.09. The number of unbranched alkanes of at least 4 members (excludes halogenated alkanes) is 2. The topological polar surface area (TPSA) is 203 Å². The molecule has 18 heteroatoms. The minimum Gasteiger partial charge on any atom is -0.481 e. The van der Waals surface area contributed by atoms with Crippen LogP contribution in [0.2, 0.25) is 0 Å². The predicted octanol–water partition coefficient (Wildman–Crippen LogP) is 6.32. The first-order valence-corrected chi connectivity index (χ1v) is 24.5. The number of methoxy groups -OCH3 is 2. The number of allylic oxidation sites excluding steroid dienone is 10. The van der Waals surface area contributed by atoms with E-state index >= 15 is 0 Å². The van der Waals surface area contributed by atoms with Gasteiger partial charge in [-0.25, -0.2) is 4.58 Å². The molecule has 0 aliphatic carbocycles. The first kappa shape index (κ1) is 51.6. The number of anilines is 1. The molecule has 3 unspecified atom stereocenters. The molecule has 0 saturated heterocycles. The lowest BCUT2D eigenvalue weighted by atomic mass is 9.77. The Hall–Kier alpha value is -3.75. The second kappa shape index (κ2) is 23.1. The molecule has 0 bridgehead atoms. The van der Waals surface area contributed by atoms with E-state index in [4.69, 9.17) is 18.8 Å². The molecule has 2 aliphatic rings. The normalized spacial score (nSPS) is 22.4. The van der Waals surface area contributed by atoms with Crippen LogP contribution in [0.5, 0.6) is 0 Å². The Morgan fingerprint density at radius 3 is 2.23 bits per heavy atom. The van der Waals surface area contributed by atoms with Crippen LogP contribution in [0.1, 0.15) is 77.7 Å². The average molecular weight is 912 g/mol. The lowest BCUT2D eigenvalue weighted by molar-refractivity contribution is -0.554. The molecule has 3 atom stereocenters. The van der Waals surface area contributed by atoms with Gasteiger partial charge in [-0.2, -0.15) is 25.3 Å². The molecular formula is C43H63N2O13S3+. The number of hydrogen-bond acceptors (Lipinski definition) is 12. The Morgan fingerprint density at radius 1 is 0.902 bits per heavy atom. The lowest BCUT2D eigenvalue weighted by Crippen LogP contribution is -2.39. The number of hydrogen-bond donors (Lipinski definition) is 2. The molecule has 0 spiro atoms. The van der Waals surface area contributed by atoms with Gasteiger partial charge in [0.05, 0.1) is 41.8 Å². The average Bonchev–Trinajstić information content (AvgIpc) is 3.45. The third-order valence-corrected chi connectivity index (χ3v) is 14.6. The number of benzene rings is 1. The van der Waals surface area contributed by atoms with Crippen molar-refractivity contribution in [1.29, 1.82) is 0 Å². The van der Waals surface area contributed by atoms with Gasteiger partial charge in [-0.1, -0.05) is 36.5 Å². The summed E-state index contributed by atoms with van der Waals surface area (Å²) in [6.45, 7) is 7.69. The lowest BCUT2D eigenvalue weighted by Gasteiger charge is -2.30. The van der Waals surface area contributed by atoms with Crippen LogP contribution in [0.25, 0.3) is 0 Å². The summed E-state index contributed by atoms with van der Waals surface area (Å²) in [5.41, 5.74) is 1.76. The Morgan fingerprint density at radius 2 is 1.59 bits per heavy atom. The van der Waals surface area contributed by atoms with Gasteiger partial charge in [0.1, 0.15) is 6.54 Å². The van der Waals surface area contributed by atoms with E-state index in [1.165, 1.54) is 18.2 Å². The Kier molecular flexibility index (Phi) is 19.5. The summed E-state index contributed by atoms with van der Waals surface area (Å²) in [4.78, 5) is 13.0.